The molecule has 0 aromatic carbocycles. The van der Waals surface area contributed by atoms with Gasteiger partial charge in [0.1, 0.15) is 0 Å². The minimum Gasteiger partial charge on any atom is -0.377 e. The lowest BCUT2D eigenvalue weighted by Crippen LogP contribution is -2.23. The molecule has 0 radical (unpaired) electrons. The monoisotopic (exact) mass is 234 g/mol. The van der Waals surface area contributed by atoms with E-state index >= 15 is 0 Å². The van der Waals surface area contributed by atoms with Gasteiger partial charge in [-0.25, -0.2) is 0 Å². The molecule has 12 heavy (non-hydrogen) atoms. The molecule has 0 N–H and O–H groups in total. The van der Waals surface area contributed by atoms with E-state index in [9.17, 15) is 0 Å². The van der Waals surface area contributed by atoms with Gasteiger partial charge in [-0.3, -0.25) is 0 Å². The van der Waals surface area contributed by atoms with E-state index in [4.69, 9.17) is 44.3 Å². The van der Waals surface area contributed by atoms with Crippen LogP contribution >= 0.6 is 34.8 Å². The van der Waals surface area contributed by atoms with Crippen molar-refractivity contribution in [3.8, 4) is 0 Å². The van der Waals surface area contributed by atoms with Crippen molar-refractivity contribution in [2.45, 2.75) is 6.10 Å². The van der Waals surface area contributed by atoms with Gasteiger partial charge in [0.05, 0.1) is 31.8 Å². The number of halogens is 3. The summed E-state index contributed by atoms with van der Waals surface area (Å²) in [5, 5.41) is 0. The maximum atomic E-state index is 5.60. The molecule has 0 bridgehead atoms. The van der Waals surface area contributed by atoms with Gasteiger partial charge in [0, 0.05) is 11.8 Å². The molecule has 0 amide bonds. The lowest BCUT2D eigenvalue weighted by atomic mass is 10.4. The number of rotatable bonds is 8. The number of alkyl halides is 3. The van der Waals surface area contributed by atoms with Crippen LogP contribution in [-0.4, -0.2) is 43.6 Å². The van der Waals surface area contributed by atoms with Crippen LogP contribution in [0.3, 0.4) is 0 Å². The third-order valence-electron chi connectivity index (χ3n) is 1.13. The molecule has 0 aromatic rings. The van der Waals surface area contributed by atoms with E-state index in [-0.39, 0.29) is 6.10 Å². The van der Waals surface area contributed by atoms with E-state index in [0.717, 1.165) is 0 Å². The highest BCUT2D eigenvalue weighted by Crippen LogP contribution is 1.97. The molecule has 0 saturated heterocycles. The molecule has 0 aromatic heterocycles. The Hall–Kier alpha value is 0.790. The van der Waals surface area contributed by atoms with E-state index < -0.39 is 0 Å². The second-order valence-corrected chi connectivity index (χ2v) is 3.16. The quantitative estimate of drug-likeness (QED) is 0.474. The first kappa shape index (κ1) is 12.8. The van der Waals surface area contributed by atoms with Gasteiger partial charge in [0.25, 0.3) is 0 Å². The van der Waals surface area contributed by atoms with Gasteiger partial charge in [-0.2, -0.15) is 0 Å². The van der Waals surface area contributed by atoms with Gasteiger partial charge < -0.3 is 9.47 Å². The fourth-order valence-electron chi connectivity index (χ4n) is 0.618. The van der Waals surface area contributed by atoms with Crippen molar-refractivity contribution >= 4 is 34.8 Å². The Morgan fingerprint density at radius 1 is 1.00 bits per heavy atom. The van der Waals surface area contributed by atoms with Crippen LogP contribution in [0.4, 0.5) is 0 Å². The molecular weight excluding hydrogens is 222 g/mol. The molecule has 0 aliphatic heterocycles. The molecule has 0 aliphatic rings. The SMILES string of the molecule is ClCCOCC(CCl)OCCCl. The molecule has 1 atom stereocenters. The smallest absolute Gasteiger partial charge is 0.0943 e. The maximum Gasteiger partial charge on any atom is 0.0943 e. The first-order chi connectivity index (χ1) is 5.85. The van der Waals surface area contributed by atoms with Gasteiger partial charge in [-0.15, -0.1) is 34.8 Å². The second-order valence-electron chi connectivity index (χ2n) is 2.10. The average molecular weight is 236 g/mol. The van der Waals surface area contributed by atoms with Crippen molar-refractivity contribution < 1.29 is 9.47 Å². The summed E-state index contributed by atoms with van der Waals surface area (Å²) in [6.45, 7) is 1.51. The van der Waals surface area contributed by atoms with Crippen LogP contribution in [0.25, 0.3) is 0 Å². The predicted molar refractivity (Wildman–Crippen MR) is 52.7 cm³/mol. The van der Waals surface area contributed by atoms with Gasteiger partial charge in [0.15, 0.2) is 0 Å². The van der Waals surface area contributed by atoms with Crippen LogP contribution in [0, 0.1) is 0 Å². The molecule has 0 spiro atoms. The van der Waals surface area contributed by atoms with Crippen molar-refractivity contribution in [3.05, 3.63) is 0 Å². The molecule has 0 saturated carbocycles. The highest BCUT2D eigenvalue weighted by Gasteiger charge is 2.06. The molecule has 74 valence electrons. The molecule has 5 heteroatoms. The van der Waals surface area contributed by atoms with Gasteiger partial charge in [0.2, 0.25) is 0 Å². The minimum atomic E-state index is -0.0753. The van der Waals surface area contributed by atoms with Gasteiger partial charge >= 0.3 is 0 Å². The lowest BCUT2D eigenvalue weighted by molar-refractivity contribution is 0.00536. The van der Waals surface area contributed by atoms with Crippen molar-refractivity contribution in [1.29, 1.82) is 0 Å². The van der Waals surface area contributed by atoms with Crippen LogP contribution in [0.5, 0.6) is 0 Å². The highest BCUT2D eigenvalue weighted by molar-refractivity contribution is 6.18. The largest absolute Gasteiger partial charge is 0.377 e. The van der Waals surface area contributed by atoms with E-state index in [1.807, 2.05) is 0 Å². The van der Waals surface area contributed by atoms with E-state index in [1.54, 1.807) is 0 Å². The van der Waals surface area contributed by atoms with Crippen molar-refractivity contribution in [3.63, 3.8) is 0 Å². The summed E-state index contributed by atoms with van der Waals surface area (Å²) in [5.74, 6) is 1.38. The van der Waals surface area contributed by atoms with Crippen LogP contribution in [0.2, 0.25) is 0 Å². The van der Waals surface area contributed by atoms with E-state index in [2.05, 4.69) is 0 Å². The number of ether oxygens (including phenoxy) is 2. The second kappa shape index (κ2) is 9.87. The summed E-state index contributed by atoms with van der Waals surface area (Å²) in [4.78, 5) is 0. The maximum absolute atomic E-state index is 5.60. The summed E-state index contributed by atoms with van der Waals surface area (Å²) in [6, 6.07) is 0. The van der Waals surface area contributed by atoms with Crippen molar-refractivity contribution in [1.82, 2.24) is 0 Å². The molecule has 0 fully saturated rings. The Kier molecular flexibility index (Phi) is 10.5. The van der Waals surface area contributed by atoms with Crippen molar-refractivity contribution in [2.24, 2.45) is 0 Å². The number of hydrogen-bond donors (Lipinski definition) is 0. The Morgan fingerprint density at radius 3 is 2.17 bits per heavy atom. The zero-order valence-corrected chi connectivity index (χ0v) is 9.04. The third kappa shape index (κ3) is 7.44. The number of hydrogen-bond acceptors (Lipinski definition) is 2. The minimum absolute atomic E-state index is 0.0753. The summed E-state index contributed by atoms with van der Waals surface area (Å²) in [5.41, 5.74) is 0. The Balaban J connectivity index is 3.26. The Labute approximate surface area is 88.1 Å². The fraction of sp³-hybridized carbons (Fsp3) is 1.00. The zero-order valence-electron chi connectivity index (χ0n) is 6.77. The predicted octanol–water partition coefficient (Wildman–Crippen LogP) is 2.10. The average Bonchev–Trinajstić information content (AvgIpc) is 2.11. The Morgan fingerprint density at radius 2 is 1.67 bits per heavy atom. The van der Waals surface area contributed by atoms with Crippen LogP contribution in [-0.2, 0) is 9.47 Å². The molecular formula is C7H13Cl3O2. The van der Waals surface area contributed by atoms with Gasteiger partial charge in [-0.05, 0) is 0 Å². The van der Waals surface area contributed by atoms with E-state index in [1.165, 1.54) is 0 Å². The Bertz CT molecular complexity index is 92.7. The summed E-state index contributed by atoms with van der Waals surface area (Å²) >= 11 is 16.4. The topological polar surface area (TPSA) is 18.5 Å². The van der Waals surface area contributed by atoms with Crippen LogP contribution in [0.1, 0.15) is 0 Å². The fourth-order valence-corrected chi connectivity index (χ4v) is 0.994. The summed E-state index contributed by atoms with van der Waals surface area (Å²) in [6.07, 6.45) is -0.0753. The normalized spacial score (nSPS) is 13.2. The summed E-state index contributed by atoms with van der Waals surface area (Å²) in [7, 11) is 0. The molecule has 2 nitrogen and oxygen atoms in total. The summed E-state index contributed by atoms with van der Waals surface area (Å²) < 4.78 is 10.4. The van der Waals surface area contributed by atoms with E-state index in [0.29, 0.717) is 37.5 Å². The van der Waals surface area contributed by atoms with Crippen LogP contribution < -0.4 is 0 Å². The zero-order chi connectivity index (χ0) is 9.23. The standard InChI is InChI=1S/C7H13Cl3O2/c8-1-3-11-6-7(5-10)12-4-2-9/h7H,1-6H2. The molecule has 0 rings (SSSR count). The third-order valence-corrected chi connectivity index (χ3v) is 1.78. The first-order valence-electron chi connectivity index (χ1n) is 3.72. The van der Waals surface area contributed by atoms with Crippen molar-refractivity contribution in [2.75, 3.05) is 37.5 Å². The van der Waals surface area contributed by atoms with Gasteiger partial charge in [-0.1, -0.05) is 0 Å². The lowest BCUT2D eigenvalue weighted by Gasteiger charge is -2.13. The van der Waals surface area contributed by atoms with Crippen LogP contribution in [0.15, 0.2) is 0 Å². The first-order valence-corrected chi connectivity index (χ1v) is 5.32. The molecule has 0 heterocycles. The molecule has 0 aliphatic carbocycles. The molecule has 1 unspecified atom stereocenters. The highest BCUT2D eigenvalue weighted by atomic mass is 35.5.